The number of thioether (sulfide) groups is 1. The molecule has 148 valence electrons. The van der Waals surface area contributed by atoms with Crippen LogP contribution in [0.3, 0.4) is 0 Å². The molecule has 1 aliphatic carbocycles. The van der Waals surface area contributed by atoms with Crippen molar-refractivity contribution in [1.82, 2.24) is 15.5 Å². The zero-order chi connectivity index (χ0) is 19.3. The summed E-state index contributed by atoms with van der Waals surface area (Å²) in [6.07, 6.45) is 4.35. The van der Waals surface area contributed by atoms with Crippen molar-refractivity contribution in [2.75, 3.05) is 18.8 Å². The Kier molecular flexibility index (Phi) is 6.81. The van der Waals surface area contributed by atoms with Gasteiger partial charge in [-0.2, -0.15) is 11.8 Å². The van der Waals surface area contributed by atoms with Gasteiger partial charge < -0.3 is 10.6 Å². The second kappa shape index (κ2) is 9.10. The van der Waals surface area contributed by atoms with Crippen LogP contribution < -0.4 is 10.6 Å². The molecule has 27 heavy (non-hydrogen) atoms. The van der Waals surface area contributed by atoms with Crippen LogP contribution in [0.2, 0.25) is 0 Å². The average Bonchev–Trinajstić information content (AvgIpc) is 3.25. The number of thiophene rings is 1. The van der Waals surface area contributed by atoms with E-state index in [-0.39, 0.29) is 18.4 Å². The summed E-state index contributed by atoms with van der Waals surface area (Å²) in [6, 6.07) is 3.69. The van der Waals surface area contributed by atoms with E-state index in [1.54, 1.807) is 23.1 Å². The second-order valence-electron chi connectivity index (χ2n) is 7.24. The van der Waals surface area contributed by atoms with Crippen LogP contribution in [0.25, 0.3) is 0 Å². The lowest BCUT2D eigenvalue weighted by Crippen LogP contribution is -2.50. The minimum absolute atomic E-state index is 0.195. The van der Waals surface area contributed by atoms with E-state index in [4.69, 9.17) is 0 Å². The molecule has 6 nitrogen and oxygen atoms in total. The molecule has 8 heteroatoms. The smallest absolute Gasteiger partial charge is 0.325 e. The van der Waals surface area contributed by atoms with Crippen LogP contribution in [0.15, 0.2) is 17.5 Å². The van der Waals surface area contributed by atoms with E-state index in [9.17, 15) is 14.4 Å². The molecule has 1 saturated carbocycles. The molecule has 3 rings (SSSR count). The summed E-state index contributed by atoms with van der Waals surface area (Å²) in [6.45, 7) is 2.49. The molecule has 2 aliphatic rings. The molecule has 0 unspecified atom stereocenters. The number of carbonyl (C=O) groups excluding carboxylic acids is 3. The average molecular weight is 410 g/mol. The molecule has 1 aromatic rings. The molecule has 1 saturated heterocycles. The quantitative estimate of drug-likeness (QED) is 0.511. The maximum atomic E-state index is 12.8. The Morgan fingerprint density at radius 3 is 2.85 bits per heavy atom. The zero-order valence-corrected chi connectivity index (χ0v) is 17.3. The third-order valence-electron chi connectivity index (χ3n) is 5.48. The highest BCUT2D eigenvalue weighted by molar-refractivity contribution is 7.98. The van der Waals surface area contributed by atoms with Gasteiger partial charge in [0, 0.05) is 22.9 Å². The van der Waals surface area contributed by atoms with Gasteiger partial charge in [-0.05, 0) is 43.0 Å². The molecule has 4 amide bonds. The summed E-state index contributed by atoms with van der Waals surface area (Å²) in [5.41, 5.74) is -0.778. The number of amides is 4. The molecule has 0 radical (unpaired) electrons. The van der Waals surface area contributed by atoms with E-state index >= 15 is 0 Å². The molecule has 1 aromatic heterocycles. The lowest BCUT2D eigenvalue weighted by molar-refractivity contribution is -0.136. The van der Waals surface area contributed by atoms with Gasteiger partial charge in [0.1, 0.15) is 12.1 Å². The molecule has 0 bridgehead atoms. The van der Waals surface area contributed by atoms with E-state index in [1.807, 2.05) is 6.07 Å². The number of imide groups is 1. The topological polar surface area (TPSA) is 78.5 Å². The molecular weight excluding hydrogens is 382 g/mol. The van der Waals surface area contributed by atoms with Crippen molar-refractivity contribution in [2.45, 2.75) is 50.3 Å². The maximum Gasteiger partial charge on any atom is 0.325 e. The van der Waals surface area contributed by atoms with Crippen molar-refractivity contribution < 1.29 is 14.4 Å². The standard InChI is InChI=1S/C19H27N3O3S2/c1-2-14-5-7-19(8-6-14)17(24)22(18(25)21-19)12-16(23)20-9-11-26-13-15-4-3-10-27-15/h3-4,10,14H,2,5-9,11-13H2,1H3,(H,20,23)(H,21,25). The molecular formula is C19H27N3O3S2. The predicted molar refractivity (Wildman–Crippen MR) is 109 cm³/mol. The normalized spacial score (nSPS) is 25.1. The summed E-state index contributed by atoms with van der Waals surface area (Å²) >= 11 is 3.48. The Balaban J connectivity index is 1.41. The van der Waals surface area contributed by atoms with E-state index in [0.29, 0.717) is 25.3 Å². The van der Waals surface area contributed by atoms with Gasteiger partial charge in [-0.3, -0.25) is 14.5 Å². The SMILES string of the molecule is CCC1CCC2(CC1)NC(=O)N(CC(=O)NCCSCc1cccs1)C2=O. The number of carbonyl (C=O) groups is 3. The summed E-state index contributed by atoms with van der Waals surface area (Å²) in [5.74, 6) is 1.84. The highest BCUT2D eigenvalue weighted by atomic mass is 32.2. The molecule has 0 atom stereocenters. The Hall–Kier alpha value is -1.54. The van der Waals surface area contributed by atoms with Crippen molar-refractivity contribution in [3.63, 3.8) is 0 Å². The first-order chi connectivity index (χ1) is 13.0. The summed E-state index contributed by atoms with van der Waals surface area (Å²) < 4.78 is 0. The van der Waals surface area contributed by atoms with Gasteiger partial charge in [-0.15, -0.1) is 11.3 Å². The van der Waals surface area contributed by atoms with Gasteiger partial charge in [0.15, 0.2) is 0 Å². The molecule has 0 aromatic carbocycles. The first-order valence-corrected chi connectivity index (χ1v) is 11.6. The number of rotatable bonds is 8. The Morgan fingerprint density at radius 2 is 2.19 bits per heavy atom. The highest BCUT2D eigenvalue weighted by Gasteiger charge is 2.52. The van der Waals surface area contributed by atoms with Gasteiger partial charge in [0.25, 0.3) is 5.91 Å². The van der Waals surface area contributed by atoms with Gasteiger partial charge >= 0.3 is 6.03 Å². The monoisotopic (exact) mass is 409 g/mol. The van der Waals surface area contributed by atoms with Crippen LogP contribution in [-0.2, 0) is 15.3 Å². The van der Waals surface area contributed by atoms with Crippen LogP contribution in [0.5, 0.6) is 0 Å². The largest absolute Gasteiger partial charge is 0.354 e. The number of urea groups is 1. The van der Waals surface area contributed by atoms with Crippen LogP contribution in [0, 0.1) is 5.92 Å². The van der Waals surface area contributed by atoms with Crippen LogP contribution in [0.1, 0.15) is 43.9 Å². The van der Waals surface area contributed by atoms with Crippen LogP contribution in [0.4, 0.5) is 4.79 Å². The Labute approximate surface area is 168 Å². The van der Waals surface area contributed by atoms with E-state index in [1.165, 1.54) is 4.88 Å². The van der Waals surface area contributed by atoms with E-state index < -0.39 is 11.6 Å². The number of hydrogen-bond donors (Lipinski definition) is 2. The predicted octanol–water partition coefficient (Wildman–Crippen LogP) is 2.99. The first kappa shape index (κ1) is 20.2. The lowest BCUT2D eigenvalue weighted by atomic mass is 9.75. The molecule has 2 fully saturated rings. The lowest BCUT2D eigenvalue weighted by Gasteiger charge is -2.34. The summed E-state index contributed by atoms with van der Waals surface area (Å²) in [5, 5.41) is 7.73. The Bertz CT molecular complexity index is 670. The Morgan fingerprint density at radius 1 is 1.41 bits per heavy atom. The third kappa shape index (κ3) is 4.85. The van der Waals surface area contributed by atoms with Crippen molar-refractivity contribution in [3.8, 4) is 0 Å². The number of nitrogens with zero attached hydrogens (tertiary/aromatic N) is 1. The molecule has 1 aliphatic heterocycles. The third-order valence-corrected chi connectivity index (χ3v) is 7.54. The van der Waals surface area contributed by atoms with Crippen molar-refractivity contribution in [3.05, 3.63) is 22.4 Å². The fourth-order valence-corrected chi connectivity index (χ4v) is 5.47. The van der Waals surface area contributed by atoms with E-state index in [2.05, 4.69) is 29.0 Å². The highest BCUT2D eigenvalue weighted by Crippen LogP contribution is 2.37. The van der Waals surface area contributed by atoms with Crippen LogP contribution >= 0.6 is 23.1 Å². The minimum Gasteiger partial charge on any atom is -0.354 e. The van der Waals surface area contributed by atoms with Gasteiger partial charge in [0.05, 0.1) is 0 Å². The van der Waals surface area contributed by atoms with E-state index in [0.717, 1.165) is 35.7 Å². The van der Waals surface area contributed by atoms with Gasteiger partial charge in [0.2, 0.25) is 5.91 Å². The number of nitrogens with one attached hydrogen (secondary N) is 2. The summed E-state index contributed by atoms with van der Waals surface area (Å²) in [7, 11) is 0. The molecule has 2 heterocycles. The fraction of sp³-hybridized carbons (Fsp3) is 0.632. The maximum absolute atomic E-state index is 12.8. The molecule has 1 spiro atoms. The van der Waals surface area contributed by atoms with Crippen molar-refractivity contribution in [2.24, 2.45) is 5.92 Å². The number of hydrogen-bond acceptors (Lipinski definition) is 5. The second-order valence-corrected chi connectivity index (χ2v) is 9.37. The van der Waals surface area contributed by atoms with Crippen molar-refractivity contribution in [1.29, 1.82) is 0 Å². The first-order valence-electron chi connectivity index (χ1n) is 9.55. The fourth-order valence-electron chi connectivity index (χ4n) is 3.77. The van der Waals surface area contributed by atoms with Crippen molar-refractivity contribution >= 4 is 40.9 Å². The van der Waals surface area contributed by atoms with Gasteiger partial charge in [-0.25, -0.2) is 4.79 Å². The van der Waals surface area contributed by atoms with Crippen LogP contribution in [-0.4, -0.2) is 47.1 Å². The summed E-state index contributed by atoms with van der Waals surface area (Å²) in [4.78, 5) is 39.6. The zero-order valence-electron chi connectivity index (χ0n) is 15.7. The molecule has 2 N–H and O–H groups in total. The van der Waals surface area contributed by atoms with Gasteiger partial charge in [-0.1, -0.05) is 19.4 Å². The minimum atomic E-state index is -0.778.